The number of aromatic nitrogens is 1. The Bertz CT molecular complexity index is 973. The number of rotatable bonds is 5. The molecule has 0 aliphatic carbocycles. The van der Waals surface area contributed by atoms with Crippen LogP contribution in [0.25, 0.3) is 10.9 Å². The van der Waals surface area contributed by atoms with Gasteiger partial charge in [-0.15, -0.1) is 0 Å². The minimum absolute atomic E-state index is 0.0769. The Labute approximate surface area is 140 Å². The van der Waals surface area contributed by atoms with Crippen LogP contribution in [0.15, 0.2) is 59.6 Å². The first-order valence-electron chi connectivity index (χ1n) is 7.54. The predicted octanol–water partition coefficient (Wildman–Crippen LogP) is 2.43. The van der Waals surface area contributed by atoms with Gasteiger partial charge in [-0.2, -0.15) is 0 Å². The molecule has 0 saturated carbocycles. The van der Waals surface area contributed by atoms with Gasteiger partial charge in [0, 0.05) is 29.9 Å². The molecule has 0 atom stereocenters. The minimum atomic E-state index is -3.20. The second-order valence-electron chi connectivity index (χ2n) is 5.73. The Morgan fingerprint density at radius 1 is 1.08 bits per heavy atom. The zero-order valence-electron chi connectivity index (χ0n) is 13.2. The highest BCUT2D eigenvalue weighted by molar-refractivity contribution is 7.90. The van der Waals surface area contributed by atoms with Crippen LogP contribution in [-0.4, -0.2) is 25.6 Å². The third-order valence-corrected chi connectivity index (χ3v) is 5.00. The second-order valence-corrected chi connectivity index (χ2v) is 7.74. The van der Waals surface area contributed by atoms with E-state index in [1.54, 1.807) is 24.3 Å². The maximum Gasteiger partial charge on any atom is 0.224 e. The van der Waals surface area contributed by atoms with E-state index >= 15 is 0 Å². The van der Waals surface area contributed by atoms with Crippen molar-refractivity contribution in [2.24, 2.45) is 0 Å². The first kappa shape index (κ1) is 16.3. The minimum Gasteiger partial charge on any atom is -0.361 e. The van der Waals surface area contributed by atoms with Gasteiger partial charge in [0.25, 0.3) is 0 Å². The Kier molecular flexibility index (Phi) is 4.40. The van der Waals surface area contributed by atoms with Gasteiger partial charge in [-0.3, -0.25) is 4.79 Å². The van der Waals surface area contributed by atoms with Crippen molar-refractivity contribution < 1.29 is 13.2 Å². The van der Waals surface area contributed by atoms with Gasteiger partial charge in [-0.1, -0.05) is 30.3 Å². The van der Waals surface area contributed by atoms with Crippen LogP contribution in [-0.2, 0) is 27.6 Å². The molecule has 0 aliphatic heterocycles. The van der Waals surface area contributed by atoms with Crippen LogP contribution in [0.1, 0.15) is 11.1 Å². The summed E-state index contributed by atoms with van der Waals surface area (Å²) >= 11 is 0. The van der Waals surface area contributed by atoms with Crippen LogP contribution < -0.4 is 5.32 Å². The van der Waals surface area contributed by atoms with E-state index in [1.165, 1.54) is 6.26 Å². The fourth-order valence-corrected chi connectivity index (χ4v) is 3.20. The standard InChI is InChI=1S/C18H18N2O3S/c1-24(22,23)15-8-6-13(7-9-15)11-20-18(21)10-14-12-19-17-5-3-2-4-16(14)17/h2-9,12,19H,10-11H2,1H3,(H,20,21). The number of sulfone groups is 1. The van der Waals surface area contributed by atoms with E-state index in [-0.39, 0.29) is 10.8 Å². The molecule has 3 rings (SSSR count). The van der Waals surface area contributed by atoms with E-state index in [0.29, 0.717) is 13.0 Å². The van der Waals surface area contributed by atoms with Gasteiger partial charge in [-0.25, -0.2) is 8.42 Å². The lowest BCUT2D eigenvalue weighted by Gasteiger charge is -2.06. The maximum atomic E-state index is 12.1. The van der Waals surface area contributed by atoms with Gasteiger partial charge < -0.3 is 10.3 Å². The number of nitrogens with one attached hydrogen (secondary N) is 2. The monoisotopic (exact) mass is 342 g/mol. The SMILES string of the molecule is CS(=O)(=O)c1ccc(CNC(=O)Cc2c[nH]c3ccccc23)cc1. The molecule has 24 heavy (non-hydrogen) atoms. The third-order valence-electron chi connectivity index (χ3n) is 3.87. The molecule has 3 aromatic rings. The van der Waals surface area contributed by atoms with Crippen LogP contribution in [0.3, 0.4) is 0 Å². The van der Waals surface area contributed by atoms with E-state index in [4.69, 9.17) is 0 Å². The number of hydrogen-bond donors (Lipinski definition) is 2. The van der Waals surface area contributed by atoms with Crippen LogP contribution in [0.5, 0.6) is 0 Å². The molecule has 0 spiro atoms. The topological polar surface area (TPSA) is 79.0 Å². The highest BCUT2D eigenvalue weighted by Crippen LogP contribution is 2.18. The summed E-state index contributed by atoms with van der Waals surface area (Å²) in [6.45, 7) is 0.366. The van der Waals surface area contributed by atoms with Gasteiger partial charge >= 0.3 is 0 Å². The Hall–Kier alpha value is -2.60. The summed E-state index contributed by atoms with van der Waals surface area (Å²) < 4.78 is 22.8. The molecule has 0 bridgehead atoms. The molecule has 2 aromatic carbocycles. The molecule has 0 fully saturated rings. The molecule has 1 amide bonds. The van der Waals surface area contributed by atoms with E-state index < -0.39 is 9.84 Å². The predicted molar refractivity (Wildman–Crippen MR) is 93.4 cm³/mol. The summed E-state index contributed by atoms with van der Waals surface area (Å²) in [6.07, 6.45) is 3.32. The number of carbonyl (C=O) groups is 1. The summed E-state index contributed by atoms with van der Waals surface area (Å²) in [6, 6.07) is 14.4. The summed E-state index contributed by atoms with van der Waals surface area (Å²) in [5, 5.41) is 3.90. The number of para-hydroxylation sites is 1. The lowest BCUT2D eigenvalue weighted by Crippen LogP contribution is -2.24. The maximum absolute atomic E-state index is 12.1. The number of benzene rings is 2. The highest BCUT2D eigenvalue weighted by Gasteiger charge is 2.09. The lowest BCUT2D eigenvalue weighted by atomic mass is 10.1. The number of amides is 1. The number of fused-ring (bicyclic) bond motifs is 1. The average Bonchev–Trinajstić information content (AvgIpc) is 2.96. The lowest BCUT2D eigenvalue weighted by molar-refractivity contribution is -0.120. The molecule has 5 nitrogen and oxygen atoms in total. The fourth-order valence-electron chi connectivity index (χ4n) is 2.57. The molecule has 0 unspecified atom stereocenters. The largest absolute Gasteiger partial charge is 0.361 e. The molecule has 124 valence electrons. The van der Waals surface area contributed by atoms with E-state index in [2.05, 4.69) is 10.3 Å². The van der Waals surface area contributed by atoms with Gasteiger partial charge in [0.1, 0.15) is 0 Å². The van der Waals surface area contributed by atoms with Crippen molar-refractivity contribution in [3.8, 4) is 0 Å². The summed E-state index contributed by atoms with van der Waals surface area (Å²) in [7, 11) is -3.20. The van der Waals surface area contributed by atoms with Crippen molar-refractivity contribution >= 4 is 26.6 Å². The van der Waals surface area contributed by atoms with Crippen molar-refractivity contribution in [1.29, 1.82) is 0 Å². The smallest absolute Gasteiger partial charge is 0.224 e. The van der Waals surface area contributed by atoms with Crippen LogP contribution in [0.4, 0.5) is 0 Å². The number of hydrogen-bond acceptors (Lipinski definition) is 3. The Morgan fingerprint density at radius 3 is 2.50 bits per heavy atom. The molecule has 6 heteroatoms. The molecule has 2 N–H and O–H groups in total. The number of aromatic amines is 1. The molecular formula is C18H18N2O3S. The normalized spacial score (nSPS) is 11.5. The number of carbonyl (C=O) groups excluding carboxylic acids is 1. The first-order valence-corrected chi connectivity index (χ1v) is 9.43. The van der Waals surface area contributed by atoms with Crippen molar-refractivity contribution in [2.45, 2.75) is 17.9 Å². The molecule has 0 aliphatic rings. The average molecular weight is 342 g/mol. The van der Waals surface area contributed by atoms with Gasteiger partial charge in [0.2, 0.25) is 5.91 Å². The molecule has 1 heterocycles. The number of H-pyrrole nitrogens is 1. The Morgan fingerprint density at radius 2 is 1.79 bits per heavy atom. The van der Waals surface area contributed by atoms with Crippen molar-refractivity contribution in [3.05, 3.63) is 65.9 Å². The van der Waals surface area contributed by atoms with Crippen LogP contribution in [0, 0.1) is 0 Å². The molecule has 0 radical (unpaired) electrons. The zero-order chi connectivity index (χ0) is 17.2. The summed E-state index contributed by atoms with van der Waals surface area (Å²) in [4.78, 5) is 15.6. The molecule has 0 saturated heterocycles. The fraction of sp³-hybridized carbons (Fsp3) is 0.167. The zero-order valence-corrected chi connectivity index (χ0v) is 14.1. The van der Waals surface area contributed by atoms with E-state index in [0.717, 1.165) is 22.0 Å². The first-order chi connectivity index (χ1) is 11.4. The summed E-state index contributed by atoms with van der Waals surface area (Å²) in [5.41, 5.74) is 2.82. The molecule has 1 aromatic heterocycles. The second kappa shape index (κ2) is 6.49. The van der Waals surface area contributed by atoms with Gasteiger partial charge in [0.05, 0.1) is 11.3 Å². The summed E-state index contributed by atoms with van der Waals surface area (Å²) in [5.74, 6) is -0.0769. The van der Waals surface area contributed by atoms with Crippen LogP contribution in [0.2, 0.25) is 0 Å². The van der Waals surface area contributed by atoms with Crippen molar-refractivity contribution in [1.82, 2.24) is 10.3 Å². The van der Waals surface area contributed by atoms with Crippen molar-refractivity contribution in [3.63, 3.8) is 0 Å². The van der Waals surface area contributed by atoms with Crippen LogP contribution >= 0.6 is 0 Å². The third kappa shape index (κ3) is 3.65. The van der Waals surface area contributed by atoms with Gasteiger partial charge in [0.15, 0.2) is 9.84 Å². The Balaban J connectivity index is 1.61. The van der Waals surface area contributed by atoms with Gasteiger partial charge in [-0.05, 0) is 29.3 Å². The highest BCUT2D eigenvalue weighted by atomic mass is 32.2. The van der Waals surface area contributed by atoms with E-state index in [9.17, 15) is 13.2 Å². The molecular weight excluding hydrogens is 324 g/mol. The quantitative estimate of drug-likeness (QED) is 0.747. The van der Waals surface area contributed by atoms with E-state index in [1.807, 2.05) is 30.5 Å². The van der Waals surface area contributed by atoms with Crippen molar-refractivity contribution in [2.75, 3.05) is 6.26 Å².